The van der Waals surface area contributed by atoms with E-state index < -0.39 is 5.97 Å². The van der Waals surface area contributed by atoms with Crippen LogP contribution in [0.15, 0.2) is 102 Å². The van der Waals surface area contributed by atoms with Gasteiger partial charge < -0.3 is 26.0 Å². The summed E-state index contributed by atoms with van der Waals surface area (Å²) in [5, 5.41) is 12.4. The van der Waals surface area contributed by atoms with Crippen LogP contribution in [0, 0.1) is 11.8 Å². The van der Waals surface area contributed by atoms with Crippen molar-refractivity contribution in [2.45, 2.75) is 64.8 Å². The molecule has 3 atom stereocenters. The number of benzene rings is 3. The van der Waals surface area contributed by atoms with Crippen LogP contribution in [0.5, 0.6) is 0 Å². The molecule has 1 aliphatic heterocycles. The predicted octanol–water partition coefficient (Wildman–Crippen LogP) is 6.64. The maximum absolute atomic E-state index is 11.9. The second-order valence-electron chi connectivity index (χ2n) is 12.0. The second kappa shape index (κ2) is 20.9. The van der Waals surface area contributed by atoms with E-state index in [1.165, 1.54) is 19.3 Å². The number of primary amides is 1. The summed E-state index contributed by atoms with van der Waals surface area (Å²) in [6.07, 6.45) is 12.5. The molecule has 3 aromatic carbocycles. The third-order valence-electron chi connectivity index (χ3n) is 8.27. The highest BCUT2D eigenvalue weighted by Gasteiger charge is 2.40. The Labute approximate surface area is 288 Å². The number of fused-ring (bicyclic) bond motifs is 1. The highest BCUT2D eigenvalue weighted by atomic mass is 16.4. The summed E-state index contributed by atoms with van der Waals surface area (Å²) in [6, 6.07) is 27.2. The molecule has 1 aromatic heterocycles. The Balaban J connectivity index is 0.000000193. The summed E-state index contributed by atoms with van der Waals surface area (Å²) in [4.78, 5) is 52.0. The molecule has 1 aliphatic carbocycles. The molecule has 0 spiro atoms. The number of aromatic nitrogens is 2. The number of carboxylic acids is 1. The largest absolute Gasteiger partial charge is 0.481 e. The first-order valence-electron chi connectivity index (χ1n) is 17.0. The van der Waals surface area contributed by atoms with E-state index >= 15 is 0 Å². The first kappa shape index (κ1) is 38.2. The molecular weight excluding hydrogens is 618 g/mol. The molecule has 2 amide bonds. The van der Waals surface area contributed by atoms with Crippen molar-refractivity contribution in [1.29, 1.82) is 0 Å². The molecule has 2 fully saturated rings. The van der Waals surface area contributed by atoms with Gasteiger partial charge >= 0.3 is 5.97 Å². The fourth-order valence-corrected chi connectivity index (χ4v) is 5.45. The zero-order valence-electron chi connectivity index (χ0n) is 28.5. The van der Waals surface area contributed by atoms with Gasteiger partial charge in [-0.1, -0.05) is 92.6 Å². The first-order chi connectivity index (χ1) is 23.8. The summed E-state index contributed by atoms with van der Waals surface area (Å²) < 4.78 is 0. The van der Waals surface area contributed by atoms with E-state index in [4.69, 9.17) is 9.90 Å². The number of unbranched alkanes of at least 4 members (excludes halogenated alkanes) is 3. The zero-order valence-corrected chi connectivity index (χ0v) is 28.5. The number of nitrogens with one attached hydrogen (secondary N) is 2. The summed E-state index contributed by atoms with van der Waals surface area (Å²) in [6.45, 7) is 5.61. The Morgan fingerprint density at radius 1 is 1.02 bits per heavy atom. The van der Waals surface area contributed by atoms with Crippen molar-refractivity contribution in [2.75, 3.05) is 18.4 Å². The van der Waals surface area contributed by atoms with Gasteiger partial charge in [0, 0.05) is 23.8 Å². The molecular formula is C39H49N5O5. The van der Waals surface area contributed by atoms with Crippen LogP contribution < -0.4 is 16.6 Å². The molecule has 1 saturated heterocycles. The van der Waals surface area contributed by atoms with Gasteiger partial charge in [0.05, 0.1) is 23.4 Å². The number of hydrogen-bond donors (Lipinski definition) is 4. The Hall–Kier alpha value is -5.25. The molecule has 6 rings (SSSR count). The lowest BCUT2D eigenvalue weighted by atomic mass is 10.2. The number of anilines is 1. The first-order valence-corrected chi connectivity index (χ1v) is 17.0. The van der Waals surface area contributed by atoms with E-state index in [0.717, 1.165) is 49.0 Å². The van der Waals surface area contributed by atoms with Crippen LogP contribution in [0.3, 0.4) is 0 Å². The van der Waals surface area contributed by atoms with Crippen molar-refractivity contribution in [3.05, 3.63) is 107 Å². The van der Waals surface area contributed by atoms with Gasteiger partial charge in [0.15, 0.2) is 0 Å². The molecule has 2 heterocycles. The van der Waals surface area contributed by atoms with Gasteiger partial charge in [0.2, 0.25) is 12.3 Å². The van der Waals surface area contributed by atoms with Crippen LogP contribution in [0.4, 0.5) is 5.69 Å². The van der Waals surface area contributed by atoms with Crippen LogP contribution in [-0.2, 0) is 14.4 Å². The molecule has 10 nitrogen and oxygen atoms in total. The lowest BCUT2D eigenvalue weighted by Gasteiger charge is -2.21. The average Bonchev–Trinajstić information content (AvgIpc) is 3.78. The van der Waals surface area contributed by atoms with E-state index in [2.05, 4.69) is 47.0 Å². The van der Waals surface area contributed by atoms with Crippen molar-refractivity contribution in [3.63, 3.8) is 0 Å². The number of carbonyl (C=O) groups is 3. The van der Waals surface area contributed by atoms with E-state index in [0.29, 0.717) is 29.7 Å². The van der Waals surface area contributed by atoms with E-state index in [1.807, 2.05) is 83.8 Å². The third kappa shape index (κ3) is 13.1. The number of likely N-dealkylation sites (tertiary alicyclic amines) is 1. The van der Waals surface area contributed by atoms with E-state index in [9.17, 15) is 14.4 Å². The van der Waals surface area contributed by atoms with Crippen molar-refractivity contribution in [2.24, 2.45) is 17.6 Å². The van der Waals surface area contributed by atoms with Crippen molar-refractivity contribution < 1.29 is 19.5 Å². The fraction of sp³-hybridized carbons (Fsp3) is 0.359. The quantitative estimate of drug-likeness (QED) is 0.0838. The molecule has 5 N–H and O–H groups in total. The van der Waals surface area contributed by atoms with Gasteiger partial charge in [0.1, 0.15) is 5.82 Å². The number of nitrogens with zero attached hydrogens (tertiary/aromatic N) is 2. The van der Waals surface area contributed by atoms with Crippen LogP contribution >= 0.6 is 0 Å². The zero-order chi connectivity index (χ0) is 35.4. The van der Waals surface area contributed by atoms with Crippen LogP contribution in [0.25, 0.3) is 22.3 Å². The molecule has 4 aromatic rings. The summed E-state index contributed by atoms with van der Waals surface area (Å²) in [5.41, 5.74) is 6.70. The van der Waals surface area contributed by atoms with Gasteiger partial charge in [0.25, 0.3) is 5.56 Å². The van der Waals surface area contributed by atoms with E-state index in [-0.39, 0.29) is 23.8 Å². The minimum atomic E-state index is -0.636. The van der Waals surface area contributed by atoms with Gasteiger partial charge in [-0.05, 0) is 69.2 Å². The highest BCUT2D eigenvalue weighted by Crippen LogP contribution is 2.39. The number of H-pyrrole nitrogens is 1. The van der Waals surface area contributed by atoms with Crippen LogP contribution in [0.2, 0.25) is 0 Å². The molecule has 2 aliphatic rings. The number of aliphatic carboxylic acids is 1. The van der Waals surface area contributed by atoms with E-state index in [1.54, 1.807) is 6.07 Å². The number of aromatic amines is 1. The number of para-hydroxylation sites is 2. The topological polar surface area (TPSA) is 158 Å². The maximum atomic E-state index is 11.9. The third-order valence-corrected chi connectivity index (χ3v) is 8.27. The Bertz CT molecular complexity index is 1680. The van der Waals surface area contributed by atoms with Gasteiger partial charge in [-0.25, -0.2) is 4.98 Å². The summed E-state index contributed by atoms with van der Waals surface area (Å²) >= 11 is 0. The summed E-state index contributed by atoms with van der Waals surface area (Å²) in [5.74, 6) is 0.424. The molecule has 1 saturated carbocycles. The van der Waals surface area contributed by atoms with Crippen molar-refractivity contribution >= 4 is 34.9 Å². The number of hydrogen-bond acceptors (Lipinski definition) is 6. The van der Waals surface area contributed by atoms with Gasteiger partial charge in [-0.2, -0.15) is 0 Å². The molecule has 0 radical (unpaired) electrons. The Morgan fingerprint density at radius 3 is 2.29 bits per heavy atom. The lowest BCUT2D eigenvalue weighted by Crippen LogP contribution is -2.37. The molecule has 0 bridgehead atoms. The molecule has 10 heteroatoms. The summed E-state index contributed by atoms with van der Waals surface area (Å²) in [7, 11) is 0. The maximum Gasteiger partial charge on any atom is 0.307 e. The molecule has 260 valence electrons. The number of allylic oxidation sites excluding steroid dienone is 2. The average molecular weight is 668 g/mol. The van der Waals surface area contributed by atoms with Crippen molar-refractivity contribution in [3.8, 4) is 11.4 Å². The number of carboxylic acid groups (broad SMARTS) is 1. The van der Waals surface area contributed by atoms with Crippen molar-refractivity contribution in [1.82, 2.24) is 14.9 Å². The van der Waals surface area contributed by atoms with Gasteiger partial charge in [-0.3, -0.25) is 19.2 Å². The molecule has 3 unspecified atom stereocenters. The Kier molecular flexibility index (Phi) is 16.3. The normalized spacial score (nSPS) is 17.4. The number of carbonyl (C=O) groups excluding carboxylic acids is 2. The van der Waals surface area contributed by atoms with Crippen LogP contribution in [-0.4, -0.2) is 57.4 Å². The minimum absolute atomic E-state index is 0.0811. The fourth-order valence-electron chi connectivity index (χ4n) is 5.45. The number of rotatable bonds is 10. The number of amides is 2. The standard InChI is InChI=1S/C14H10N2O.C13H18N2O.C11H18O2.CH3NO/c17-14-11-8-4-5-9-12(11)15-13(16-14)10-6-2-1-3-7-10;1-11-6-5-9-15(11)13(16)10-14-12-7-3-2-4-8-12;1-2-3-4-5-6-7-9-8-10(9)11(12)13;2-1-3/h1-9H,(H,15,16,17);2-4,7-8,11,14H,5-6,9-10H2,1H3;6-7,9-10H,2-5,8H2,1H3,(H,12,13);1H,(H2,2,3)/b;;7-6-;. The smallest absolute Gasteiger partial charge is 0.307 e. The minimum Gasteiger partial charge on any atom is -0.481 e. The number of nitrogens with two attached hydrogens (primary N) is 1. The lowest BCUT2D eigenvalue weighted by molar-refractivity contribution is -0.138. The highest BCUT2D eigenvalue weighted by molar-refractivity contribution is 5.81. The second-order valence-corrected chi connectivity index (χ2v) is 12.0. The van der Waals surface area contributed by atoms with Crippen LogP contribution in [0.1, 0.15) is 58.8 Å². The monoisotopic (exact) mass is 667 g/mol. The molecule has 49 heavy (non-hydrogen) atoms. The SMILES string of the molecule is CC1CCCN1C(=O)CNc1ccccc1.CCCCC/C=C\C1CC1C(=O)O.NC=O.O=c1[nH]c(-c2ccccc2)nc2ccccc12. The Morgan fingerprint density at radius 2 is 1.67 bits per heavy atom. The van der Waals surface area contributed by atoms with Gasteiger partial charge in [-0.15, -0.1) is 0 Å². The predicted molar refractivity (Wildman–Crippen MR) is 196 cm³/mol.